The van der Waals surface area contributed by atoms with Gasteiger partial charge in [0.25, 0.3) is 5.91 Å². The Balaban J connectivity index is 2.33. The second-order valence-electron chi connectivity index (χ2n) is 4.85. The van der Waals surface area contributed by atoms with Crippen molar-refractivity contribution in [3.63, 3.8) is 0 Å². The van der Waals surface area contributed by atoms with Gasteiger partial charge in [-0.1, -0.05) is 17.7 Å². The molecule has 0 unspecified atom stereocenters. The van der Waals surface area contributed by atoms with E-state index in [-0.39, 0.29) is 11.7 Å². The van der Waals surface area contributed by atoms with E-state index in [9.17, 15) is 9.18 Å². The molecule has 0 saturated carbocycles. The van der Waals surface area contributed by atoms with E-state index in [4.69, 9.17) is 0 Å². The van der Waals surface area contributed by atoms with Crippen molar-refractivity contribution in [1.29, 1.82) is 0 Å². The molecule has 0 aliphatic rings. The molecule has 0 aliphatic carbocycles. The predicted octanol–water partition coefficient (Wildman–Crippen LogP) is 4.11. The van der Waals surface area contributed by atoms with E-state index in [1.807, 2.05) is 38.1 Å². The standard InChI is InChI=1S/C17H18FNO/c1-4-19(15-8-5-12(2)6-9-15)17(20)14-7-10-16(18)13(3)11-14/h5-11H,4H2,1-3H3. The monoisotopic (exact) mass is 271 g/mol. The van der Waals surface area contributed by atoms with Gasteiger partial charge in [0.15, 0.2) is 0 Å². The third-order valence-corrected chi connectivity index (χ3v) is 3.31. The van der Waals surface area contributed by atoms with Crippen molar-refractivity contribution in [3.05, 3.63) is 65.0 Å². The minimum Gasteiger partial charge on any atom is -0.309 e. The van der Waals surface area contributed by atoms with Crippen molar-refractivity contribution in [3.8, 4) is 0 Å². The normalized spacial score (nSPS) is 10.4. The van der Waals surface area contributed by atoms with Crippen LogP contribution in [-0.2, 0) is 0 Å². The van der Waals surface area contributed by atoms with Gasteiger partial charge < -0.3 is 4.90 Å². The Labute approximate surface area is 118 Å². The maximum atomic E-state index is 13.3. The first-order chi connectivity index (χ1) is 9.52. The lowest BCUT2D eigenvalue weighted by Crippen LogP contribution is -2.30. The maximum absolute atomic E-state index is 13.3. The number of amides is 1. The van der Waals surface area contributed by atoms with Crippen LogP contribution in [0.25, 0.3) is 0 Å². The lowest BCUT2D eigenvalue weighted by atomic mass is 10.1. The van der Waals surface area contributed by atoms with Gasteiger partial charge in [0, 0.05) is 17.8 Å². The molecule has 0 fully saturated rings. The fourth-order valence-corrected chi connectivity index (χ4v) is 2.10. The molecule has 2 rings (SSSR count). The first kappa shape index (κ1) is 14.3. The van der Waals surface area contributed by atoms with Gasteiger partial charge in [0.05, 0.1) is 0 Å². The molecule has 0 radical (unpaired) electrons. The molecule has 0 aromatic heterocycles. The Morgan fingerprint density at radius 1 is 1.10 bits per heavy atom. The van der Waals surface area contributed by atoms with Crippen LogP contribution < -0.4 is 4.90 Å². The topological polar surface area (TPSA) is 20.3 Å². The zero-order valence-corrected chi connectivity index (χ0v) is 12.0. The summed E-state index contributed by atoms with van der Waals surface area (Å²) in [5.41, 5.74) is 2.99. The second-order valence-corrected chi connectivity index (χ2v) is 4.85. The smallest absolute Gasteiger partial charge is 0.258 e. The average Bonchev–Trinajstić information content (AvgIpc) is 2.44. The zero-order chi connectivity index (χ0) is 14.7. The lowest BCUT2D eigenvalue weighted by molar-refractivity contribution is 0.0988. The zero-order valence-electron chi connectivity index (χ0n) is 12.0. The molecule has 0 saturated heterocycles. The van der Waals surface area contributed by atoms with Gasteiger partial charge in [-0.15, -0.1) is 0 Å². The molecule has 0 N–H and O–H groups in total. The van der Waals surface area contributed by atoms with Crippen molar-refractivity contribution in [1.82, 2.24) is 0 Å². The van der Waals surface area contributed by atoms with E-state index in [0.29, 0.717) is 17.7 Å². The maximum Gasteiger partial charge on any atom is 0.258 e. The number of carbonyl (C=O) groups is 1. The summed E-state index contributed by atoms with van der Waals surface area (Å²) in [6.45, 7) is 6.16. The SMILES string of the molecule is CCN(C(=O)c1ccc(F)c(C)c1)c1ccc(C)cc1. The fourth-order valence-electron chi connectivity index (χ4n) is 2.10. The van der Waals surface area contributed by atoms with Gasteiger partial charge in [-0.25, -0.2) is 4.39 Å². The van der Waals surface area contributed by atoms with Crippen LogP contribution in [0.3, 0.4) is 0 Å². The largest absolute Gasteiger partial charge is 0.309 e. The molecule has 2 nitrogen and oxygen atoms in total. The Morgan fingerprint density at radius 3 is 2.30 bits per heavy atom. The molecule has 0 atom stereocenters. The minimum absolute atomic E-state index is 0.112. The molecule has 0 spiro atoms. The number of benzene rings is 2. The highest BCUT2D eigenvalue weighted by molar-refractivity contribution is 6.06. The Bertz CT molecular complexity index is 619. The number of halogens is 1. The average molecular weight is 271 g/mol. The van der Waals surface area contributed by atoms with Crippen LogP contribution in [0.4, 0.5) is 10.1 Å². The van der Waals surface area contributed by atoms with Crippen LogP contribution in [0, 0.1) is 19.7 Å². The van der Waals surface area contributed by atoms with E-state index in [1.165, 1.54) is 12.1 Å². The fraction of sp³-hybridized carbons (Fsp3) is 0.235. The molecule has 3 heteroatoms. The Hall–Kier alpha value is -2.16. The molecule has 0 aliphatic heterocycles. The highest BCUT2D eigenvalue weighted by atomic mass is 19.1. The van der Waals surface area contributed by atoms with Crippen LogP contribution >= 0.6 is 0 Å². The molecule has 20 heavy (non-hydrogen) atoms. The molecule has 0 heterocycles. The third kappa shape index (κ3) is 2.87. The first-order valence-corrected chi connectivity index (χ1v) is 6.67. The lowest BCUT2D eigenvalue weighted by Gasteiger charge is -2.21. The van der Waals surface area contributed by atoms with Crippen LogP contribution in [0.2, 0.25) is 0 Å². The summed E-state index contributed by atoms with van der Waals surface area (Å²) >= 11 is 0. The third-order valence-electron chi connectivity index (χ3n) is 3.31. The van der Waals surface area contributed by atoms with E-state index < -0.39 is 0 Å². The highest BCUT2D eigenvalue weighted by Gasteiger charge is 2.16. The van der Waals surface area contributed by atoms with Crippen LogP contribution in [0.1, 0.15) is 28.4 Å². The van der Waals surface area contributed by atoms with Crippen molar-refractivity contribution in [2.45, 2.75) is 20.8 Å². The number of aryl methyl sites for hydroxylation is 2. The summed E-state index contributed by atoms with van der Waals surface area (Å²) < 4.78 is 13.3. The van der Waals surface area contributed by atoms with Crippen LogP contribution in [0.5, 0.6) is 0 Å². The highest BCUT2D eigenvalue weighted by Crippen LogP contribution is 2.19. The van der Waals surface area contributed by atoms with Gasteiger partial charge in [-0.3, -0.25) is 4.79 Å². The molecule has 1 amide bonds. The van der Waals surface area contributed by atoms with Gasteiger partial charge in [0.2, 0.25) is 0 Å². The van der Waals surface area contributed by atoms with Crippen LogP contribution in [0.15, 0.2) is 42.5 Å². The second kappa shape index (κ2) is 5.87. The molecular formula is C17H18FNO. The number of carbonyl (C=O) groups excluding carboxylic acids is 1. The van der Waals surface area contributed by atoms with E-state index >= 15 is 0 Å². The van der Waals surface area contributed by atoms with Crippen molar-refractivity contribution < 1.29 is 9.18 Å². The number of hydrogen-bond acceptors (Lipinski definition) is 1. The Kier molecular flexibility index (Phi) is 4.18. The molecule has 104 valence electrons. The summed E-state index contributed by atoms with van der Waals surface area (Å²) in [6, 6.07) is 12.3. The molecule has 2 aromatic rings. The summed E-state index contributed by atoms with van der Waals surface area (Å²) in [6.07, 6.45) is 0. The number of nitrogens with zero attached hydrogens (tertiary/aromatic N) is 1. The number of hydrogen-bond donors (Lipinski definition) is 0. The van der Waals surface area contributed by atoms with Gasteiger partial charge in [-0.2, -0.15) is 0 Å². The first-order valence-electron chi connectivity index (χ1n) is 6.67. The molecule has 0 bridgehead atoms. The van der Waals surface area contributed by atoms with E-state index in [2.05, 4.69) is 0 Å². The summed E-state index contributed by atoms with van der Waals surface area (Å²) in [7, 11) is 0. The molecule has 2 aromatic carbocycles. The summed E-state index contributed by atoms with van der Waals surface area (Å²) in [5.74, 6) is -0.403. The van der Waals surface area contributed by atoms with Gasteiger partial charge in [0.1, 0.15) is 5.82 Å². The summed E-state index contributed by atoms with van der Waals surface area (Å²) in [4.78, 5) is 14.2. The number of anilines is 1. The quantitative estimate of drug-likeness (QED) is 0.822. The predicted molar refractivity (Wildman–Crippen MR) is 79.7 cm³/mol. The van der Waals surface area contributed by atoms with Crippen molar-refractivity contribution in [2.24, 2.45) is 0 Å². The summed E-state index contributed by atoms with van der Waals surface area (Å²) in [5, 5.41) is 0. The number of rotatable bonds is 3. The van der Waals surface area contributed by atoms with Crippen LogP contribution in [-0.4, -0.2) is 12.5 Å². The van der Waals surface area contributed by atoms with Crippen molar-refractivity contribution >= 4 is 11.6 Å². The molecular weight excluding hydrogens is 253 g/mol. The van der Waals surface area contributed by atoms with E-state index in [1.54, 1.807) is 17.9 Å². The Morgan fingerprint density at radius 2 is 1.75 bits per heavy atom. The van der Waals surface area contributed by atoms with Crippen molar-refractivity contribution in [2.75, 3.05) is 11.4 Å². The van der Waals surface area contributed by atoms with Gasteiger partial charge >= 0.3 is 0 Å². The van der Waals surface area contributed by atoms with E-state index in [0.717, 1.165) is 11.3 Å². The minimum atomic E-state index is -0.292. The van der Waals surface area contributed by atoms with Gasteiger partial charge in [-0.05, 0) is 56.7 Å².